The van der Waals surface area contributed by atoms with E-state index >= 15 is 0 Å². The third-order valence-corrected chi connectivity index (χ3v) is 4.81. The molecule has 0 aliphatic carbocycles. The zero-order chi connectivity index (χ0) is 19.5. The Labute approximate surface area is 186 Å². The van der Waals surface area contributed by atoms with Gasteiger partial charge in [0.1, 0.15) is 12.2 Å². The van der Waals surface area contributed by atoms with Crippen LogP contribution in [0.1, 0.15) is 5.69 Å². The van der Waals surface area contributed by atoms with Gasteiger partial charge in [-0.15, -0.1) is 24.0 Å². The molecule has 0 atom stereocenters. The van der Waals surface area contributed by atoms with Crippen LogP contribution < -0.4 is 10.2 Å². The number of aliphatic imine (C=N–C) groups is 1. The highest BCUT2D eigenvalue weighted by Gasteiger charge is 2.27. The lowest BCUT2D eigenvalue weighted by molar-refractivity contribution is -0.120. The van der Waals surface area contributed by atoms with E-state index in [0.717, 1.165) is 29.4 Å². The maximum absolute atomic E-state index is 12.6. The smallest absolute Gasteiger partial charge is 0.246 e. The van der Waals surface area contributed by atoms with Gasteiger partial charge < -0.3 is 19.5 Å². The van der Waals surface area contributed by atoms with Gasteiger partial charge in [-0.1, -0.05) is 6.07 Å². The molecule has 9 nitrogen and oxygen atoms in total. The fraction of sp³-hybridized carbons (Fsp3) is 0.368. The number of rotatable bonds is 4. The molecule has 0 saturated carbocycles. The lowest BCUT2D eigenvalue weighted by Gasteiger charge is -2.35. The van der Waals surface area contributed by atoms with Gasteiger partial charge in [0, 0.05) is 58.7 Å². The molecule has 0 bridgehead atoms. The van der Waals surface area contributed by atoms with Crippen LogP contribution in [0.5, 0.6) is 0 Å². The number of hydrogen-bond acceptors (Lipinski definition) is 4. The van der Waals surface area contributed by atoms with Gasteiger partial charge in [0.05, 0.1) is 17.6 Å². The first-order valence-corrected chi connectivity index (χ1v) is 9.31. The fourth-order valence-electron chi connectivity index (χ4n) is 3.42. The largest absolute Gasteiger partial charge is 0.356 e. The molecule has 0 spiro atoms. The minimum absolute atomic E-state index is 0. The average molecular weight is 508 g/mol. The molecule has 3 aromatic heterocycles. The summed E-state index contributed by atoms with van der Waals surface area (Å²) in [7, 11) is 3.59. The Morgan fingerprint density at radius 3 is 2.83 bits per heavy atom. The zero-order valence-electron chi connectivity index (χ0n) is 16.5. The average Bonchev–Trinajstić information content (AvgIpc) is 3.31. The number of nitrogens with zero attached hydrogens (tertiary/aromatic N) is 7. The number of nitrogens with one attached hydrogen (secondary N) is 1. The van der Waals surface area contributed by atoms with Crippen LogP contribution in [0.4, 0.5) is 5.69 Å². The van der Waals surface area contributed by atoms with E-state index in [1.54, 1.807) is 22.8 Å². The van der Waals surface area contributed by atoms with Crippen molar-refractivity contribution in [1.82, 2.24) is 29.4 Å². The molecule has 0 unspecified atom stereocenters. The first-order chi connectivity index (χ1) is 13.6. The number of piperazine rings is 1. The molecule has 1 N–H and O–H groups in total. The van der Waals surface area contributed by atoms with Crippen molar-refractivity contribution >= 4 is 47.2 Å². The van der Waals surface area contributed by atoms with Crippen molar-refractivity contribution in [3.8, 4) is 0 Å². The Kier molecular flexibility index (Phi) is 6.72. The predicted octanol–water partition coefficient (Wildman–Crippen LogP) is 1.15. The molecule has 1 aliphatic heterocycles. The van der Waals surface area contributed by atoms with Gasteiger partial charge >= 0.3 is 0 Å². The van der Waals surface area contributed by atoms with Crippen molar-refractivity contribution in [3.05, 3.63) is 48.7 Å². The highest BCUT2D eigenvalue weighted by Crippen LogP contribution is 2.16. The lowest BCUT2D eigenvalue weighted by atomic mass is 10.3. The summed E-state index contributed by atoms with van der Waals surface area (Å²) < 4.78 is 3.72. The third kappa shape index (κ3) is 4.69. The van der Waals surface area contributed by atoms with Gasteiger partial charge in [-0.25, -0.2) is 4.98 Å². The molecule has 1 amide bonds. The summed E-state index contributed by atoms with van der Waals surface area (Å²) in [6.45, 7) is 2.32. The van der Waals surface area contributed by atoms with E-state index in [-0.39, 0.29) is 29.9 Å². The van der Waals surface area contributed by atoms with E-state index in [9.17, 15) is 4.79 Å². The Hall–Kier alpha value is -2.63. The summed E-state index contributed by atoms with van der Waals surface area (Å²) in [5.74, 6) is 0.783. The summed E-state index contributed by atoms with van der Waals surface area (Å²) in [6.07, 6.45) is 8.39. The van der Waals surface area contributed by atoms with Gasteiger partial charge in [-0.2, -0.15) is 5.10 Å². The number of fused-ring (bicyclic) bond motifs is 1. The van der Waals surface area contributed by atoms with Crippen LogP contribution in [0.15, 0.2) is 48.0 Å². The van der Waals surface area contributed by atoms with Crippen LogP contribution in [0.2, 0.25) is 0 Å². The maximum atomic E-state index is 12.6. The summed E-state index contributed by atoms with van der Waals surface area (Å²) >= 11 is 0. The van der Waals surface area contributed by atoms with E-state index in [2.05, 4.69) is 20.4 Å². The number of carbonyl (C=O) groups excluding carboxylic acids is 1. The van der Waals surface area contributed by atoms with Crippen molar-refractivity contribution < 1.29 is 4.79 Å². The molecule has 0 radical (unpaired) electrons. The highest BCUT2D eigenvalue weighted by atomic mass is 127. The molecule has 0 aromatic carbocycles. The summed E-state index contributed by atoms with van der Waals surface area (Å²) in [5, 5.41) is 7.50. The first-order valence-electron chi connectivity index (χ1n) is 9.31. The van der Waals surface area contributed by atoms with Crippen LogP contribution >= 0.6 is 24.0 Å². The molecule has 10 heteroatoms. The van der Waals surface area contributed by atoms with Crippen molar-refractivity contribution in [3.63, 3.8) is 0 Å². The number of halogens is 1. The molecular formula is C19H25IN8O. The van der Waals surface area contributed by atoms with Gasteiger partial charge in [-0.3, -0.25) is 14.5 Å². The van der Waals surface area contributed by atoms with Gasteiger partial charge in [0.25, 0.3) is 0 Å². The summed E-state index contributed by atoms with van der Waals surface area (Å²) in [6, 6.07) is 5.96. The van der Waals surface area contributed by atoms with Crippen molar-refractivity contribution in [1.29, 1.82) is 0 Å². The number of aromatic nitrogens is 4. The second-order valence-corrected chi connectivity index (χ2v) is 6.76. The van der Waals surface area contributed by atoms with Crippen LogP contribution in [0.25, 0.3) is 5.65 Å². The number of imidazole rings is 1. The number of aryl methyl sites for hydroxylation is 1. The van der Waals surface area contributed by atoms with E-state index in [1.165, 1.54) is 0 Å². The monoisotopic (exact) mass is 508 g/mol. The van der Waals surface area contributed by atoms with E-state index < -0.39 is 0 Å². The van der Waals surface area contributed by atoms with Crippen molar-refractivity contribution in [2.45, 2.75) is 6.42 Å². The maximum Gasteiger partial charge on any atom is 0.246 e. The second-order valence-electron chi connectivity index (χ2n) is 6.76. The topological polar surface area (TPSA) is 83.1 Å². The molecular weight excluding hydrogens is 483 g/mol. The Morgan fingerprint density at radius 2 is 2.14 bits per heavy atom. The zero-order valence-corrected chi connectivity index (χ0v) is 18.9. The van der Waals surface area contributed by atoms with E-state index in [1.807, 2.05) is 53.1 Å². The normalized spacial score (nSPS) is 15.0. The number of guanidine groups is 1. The summed E-state index contributed by atoms with van der Waals surface area (Å²) in [4.78, 5) is 25.3. The number of pyridine rings is 1. The molecule has 4 heterocycles. The fourth-order valence-corrected chi connectivity index (χ4v) is 3.42. The standard InChI is InChI=1S/C19H24N8O.HI/c1-20-19(21-7-6-15-12-25-8-4-3-5-17(25)23-15)26-9-10-27(18(28)14-26)16-11-22-24(2)13-16;/h3-5,8,11-13H,6-7,9-10,14H2,1-2H3,(H,20,21);1H. The molecule has 1 aliphatic rings. The van der Waals surface area contributed by atoms with Gasteiger partial charge in [-0.05, 0) is 12.1 Å². The number of carbonyl (C=O) groups is 1. The van der Waals surface area contributed by atoms with Crippen LogP contribution in [-0.2, 0) is 18.3 Å². The molecule has 154 valence electrons. The van der Waals surface area contributed by atoms with Gasteiger partial charge in [0.2, 0.25) is 5.91 Å². The Bertz CT molecular complexity index is 977. The van der Waals surface area contributed by atoms with Crippen LogP contribution in [-0.4, -0.2) is 69.2 Å². The molecule has 1 fully saturated rings. The number of amides is 1. The second kappa shape index (κ2) is 9.25. The summed E-state index contributed by atoms with van der Waals surface area (Å²) in [5.41, 5.74) is 2.80. The van der Waals surface area contributed by atoms with E-state index in [4.69, 9.17) is 0 Å². The number of hydrogen-bond donors (Lipinski definition) is 1. The van der Waals surface area contributed by atoms with Crippen LogP contribution in [0, 0.1) is 0 Å². The molecule has 4 rings (SSSR count). The van der Waals surface area contributed by atoms with E-state index in [0.29, 0.717) is 26.2 Å². The third-order valence-electron chi connectivity index (χ3n) is 4.81. The first kappa shape index (κ1) is 21.1. The minimum Gasteiger partial charge on any atom is -0.356 e. The van der Waals surface area contributed by atoms with Gasteiger partial charge in [0.15, 0.2) is 5.96 Å². The lowest BCUT2D eigenvalue weighted by Crippen LogP contribution is -2.55. The van der Waals surface area contributed by atoms with Crippen LogP contribution in [0.3, 0.4) is 0 Å². The quantitative estimate of drug-likeness (QED) is 0.325. The Balaban J connectivity index is 0.00000240. The minimum atomic E-state index is 0. The van der Waals surface area contributed by atoms with Crippen molar-refractivity contribution in [2.75, 3.05) is 38.1 Å². The highest BCUT2D eigenvalue weighted by molar-refractivity contribution is 14.0. The predicted molar refractivity (Wildman–Crippen MR) is 123 cm³/mol. The molecule has 1 saturated heterocycles. The molecule has 3 aromatic rings. The van der Waals surface area contributed by atoms with Crippen molar-refractivity contribution in [2.24, 2.45) is 12.0 Å². The molecule has 29 heavy (non-hydrogen) atoms. The Morgan fingerprint density at radius 1 is 1.28 bits per heavy atom. The SMILES string of the molecule is CN=C(NCCc1cn2ccccc2n1)N1CCN(c2cnn(C)c2)C(=O)C1.I. The number of anilines is 1.